The molecule has 0 amide bonds. The van der Waals surface area contributed by atoms with Gasteiger partial charge in [0.15, 0.2) is 5.96 Å². The van der Waals surface area contributed by atoms with Crippen molar-refractivity contribution in [3.05, 3.63) is 35.4 Å². The maximum atomic E-state index is 6.06. The van der Waals surface area contributed by atoms with Gasteiger partial charge in [-0.1, -0.05) is 30.7 Å². The summed E-state index contributed by atoms with van der Waals surface area (Å²) in [6, 6.07) is 8.81. The molecule has 1 aromatic rings. The molecule has 2 saturated heterocycles. The summed E-state index contributed by atoms with van der Waals surface area (Å²) in [5, 5.41) is 0. The molecule has 2 N–H and O–H groups in total. The van der Waals surface area contributed by atoms with E-state index in [1.54, 1.807) is 0 Å². The van der Waals surface area contributed by atoms with Gasteiger partial charge < -0.3 is 15.4 Å². The number of rotatable bonds is 4. The highest BCUT2D eigenvalue weighted by Crippen LogP contribution is 2.14. The fraction of sp³-hybridized carbons (Fsp3) is 0.611. The van der Waals surface area contributed by atoms with Gasteiger partial charge in [0.25, 0.3) is 0 Å². The Morgan fingerprint density at radius 2 is 1.58 bits per heavy atom. The molecule has 2 aliphatic rings. The van der Waals surface area contributed by atoms with E-state index in [1.807, 2.05) is 0 Å². The molecule has 2 aliphatic heterocycles. The Balaban J connectivity index is 0.00000208. The zero-order valence-corrected chi connectivity index (χ0v) is 16.7. The Kier molecular flexibility index (Phi) is 8.28. The normalized spacial score (nSPS) is 19.8. The molecule has 0 bridgehead atoms. The molecule has 0 spiro atoms. The van der Waals surface area contributed by atoms with E-state index in [9.17, 15) is 0 Å². The second-order valence-corrected chi connectivity index (χ2v) is 6.43. The first-order valence-electron chi connectivity index (χ1n) is 8.74. The number of nitrogens with zero attached hydrogens (tertiary/aromatic N) is 3. The molecule has 0 unspecified atom stereocenters. The van der Waals surface area contributed by atoms with Crippen LogP contribution in [0.25, 0.3) is 0 Å². The summed E-state index contributed by atoms with van der Waals surface area (Å²) in [6.45, 7) is 7.34. The van der Waals surface area contributed by atoms with E-state index < -0.39 is 0 Å². The number of likely N-dealkylation sites (tertiary alicyclic amines) is 1. The summed E-state index contributed by atoms with van der Waals surface area (Å²) in [6.07, 6.45) is 4.07. The van der Waals surface area contributed by atoms with Crippen LogP contribution in [0, 0.1) is 0 Å². The lowest BCUT2D eigenvalue weighted by atomic mass is 10.1. The van der Waals surface area contributed by atoms with Crippen LogP contribution in [0.15, 0.2) is 29.3 Å². The Bertz CT molecular complexity index is 508. The minimum Gasteiger partial charge on any atom is -0.378 e. The third-order valence-corrected chi connectivity index (χ3v) is 4.64. The van der Waals surface area contributed by atoms with Crippen LogP contribution in [0.5, 0.6) is 0 Å². The van der Waals surface area contributed by atoms with E-state index >= 15 is 0 Å². The summed E-state index contributed by atoms with van der Waals surface area (Å²) in [5.74, 6) is 0.630. The molecule has 2 heterocycles. The van der Waals surface area contributed by atoms with Crippen LogP contribution in [-0.2, 0) is 17.8 Å². The van der Waals surface area contributed by atoms with Crippen molar-refractivity contribution >= 4 is 29.9 Å². The predicted molar refractivity (Wildman–Crippen MR) is 109 cm³/mol. The van der Waals surface area contributed by atoms with Crippen LogP contribution in [0.2, 0.25) is 0 Å². The average Bonchev–Trinajstić information content (AvgIpc) is 2.62. The van der Waals surface area contributed by atoms with Gasteiger partial charge in [0.05, 0.1) is 19.8 Å². The van der Waals surface area contributed by atoms with Gasteiger partial charge in [-0.3, -0.25) is 4.90 Å². The Hall–Kier alpha value is -0.860. The zero-order valence-electron chi connectivity index (χ0n) is 14.3. The van der Waals surface area contributed by atoms with Gasteiger partial charge in [0.1, 0.15) is 0 Å². The van der Waals surface area contributed by atoms with Crippen molar-refractivity contribution in [1.82, 2.24) is 9.80 Å². The smallest absolute Gasteiger partial charge is 0.191 e. The first-order valence-corrected chi connectivity index (χ1v) is 8.74. The molecule has 6 heteroatoms. The fourth-order valence-corrected chi connectivity index (χ4v) is 3.19. The molecular weight excluding hydrogens is 415 g/mol. The van der Waals surface area contributed by atoms with Gasteiger partial charge >= 0.3 is 0 Å². The van der Waals surface area contributed by atoms with Crippen LogP contribution in [0.3, 0.4) is 0 Å². The van der Waals surface area contributed by atoms with Crippen molar-refractivity contribution in [2.24, 2.45) is 10.7 Å². The topological polar surface area (TPSA) is 54.1 Å². The number of benzene rings is 1. The number of hydrogen-bond acceptors (Lipinski definition) is 3. The molecule has 3 rings (SSSR count). The van der Waals surface area contributed by atoms with Crippen LogP contribution >= 0.6 is 24.0 Å². The van der Waals surface area contributed by atoms with E-state index in [0.717, 1.165) is 32.8 Å². The number of guanidine groups is 1. The van der Waals surface area contributed by atoms with Gasteiger partial charge in [0, 0.05) is 19.6 Å². The maximum absolute atomic E-state index is 6.06. The lowest BCUT2D eigenvalue weighted by Crippen LogP contribution is -2.44. The van der Waals surface area contributed by atoms with Crippen molar-refractivity contribution in [3.8, 4) is 0 Å². The van der Waals surface area contributed by atoms with Gasteiger partial charge in [-0.25, -0.2) is 4.99 Å². The van der Waals surface area contributed by atoms with Crippen LogP contribution in [-0.4, -0.2) is 55.2 Å². The molecule has 5 nitrogen and oxygen atoms in total. The second-order valence-electron chi connectivity index (χ2n) is 6.43. The first-order chi connectivity index (χ1) is 11.3. The highest BCUT2D eigenvalue weighted by molar-refractivity contribution is 14.0. The molecule has 0 aliphatic carbocycles. The minimum absolute atomic E-state index is 0. The van der Waals surface area contributed by atoms with Crippen LogP contribution in [0.4, 0.5) is 0 Å². The molecule has 0 aromatic heterocycles. The standard InChI is InChI=1S/C18H28N4O.HI/c19-18(22-10-12-23-13-11-22)20-14-16-4-6-17(7-5-16)15-21-8-2-1-3-9-21;/h4-7H,1-3,8-15H2,(H2,19,20);1H. The van der Waals surface area contributed by atoms with E-state index in [0.29, 0.717) is 12.5 Å². The van der Waals surface area contributed by atoms with Crippen molar-refractivity contribution < 1.29 is 4.74 Å². The third-order valence-electron chi connectivity index (χ3n) is 4.64. The lowest BCUT2D eigenvalue weighted by molar-refractivity contribution is 0.0674. The number of morpholine rings is 1. The molecule has 134 valence electrons. The minimum atomic E-state index is 0. The number of halogens is 1. The largest absolute Gasteiger partial charge is 0.378 e. The maximum Gasteiger partial charge on any atom is 0.191 e. The highest BCUT2D eigenvalue weighted by atomic mass is 127. The van der Waals surface area contributed by atoms with E-state index in [4.69, 9.17) is 10.5 Å². The summed E-state index contributed by atoms with van der Waals surface area (Å²) in [5.41, 5.74) is 8.66. The molecule has 2 fully saturated rings. The summed E-state index contributed by atoms with van der Waals surface area (Å²) >= 11 is 0. The third kappa shape index (κ3) is 5.89. The number of hydrogen-bond donors (Lipinski definition) is 1. The Labute approximate surface area is 162 Å². The van der Waals surface area contributed by atoms with Crippen molar-refractivity contribution in [1.29, 1.82) is 0 Å². The average molecular weight is 444 g/mol. The molecule has 0 atom stereocenters. The zero-order chi connectivity index (χ0) is 15.9. The van der Waals surface area contributed by atoms with Gasteiger partial charge in [-0.15, -0.1) is 24.0 Å². The van der Waals surface area contributed by atoms with Gasteiger partial charge in [-0.05, 0) is 37.1 Å². The number of ether oxygens (including phenoxy) is 1. The van der Waals surface area contributed by atoms with Crippen molar-refractivity contribution in [2.75, 3.05) is 39.4 Å². The number of aliphatic imine (C=N–C) groups is 1. The van der Waals surface area contributed by atoms with E-state index in [1.165, 1.54) is 43.5 Å². The monoisotopic (exact) mass is 444 g/mol. The fourth-order valence-electron chi connectivity index (χ4n) is 3.19. The SMILES string of the molecule is I.NC(=NCc1ccc(CN2CCCCC2)cc1)N1CCOCC1. The molecular formula is C18H29IN4O. The lowest BCUT2D eigenvalue weighted by Gasteiger charge is -2.27. The van der Waals surface area contributed by atoms with E-state index in [-0.39, 0.29) is 24.0 Å². The molecule has 24 heavy (non-hydrogen) atoms. The quantitative estimate of drug-likeness (QED) is 0.441. The molecule has 1 aromatic carbocycles. The van der Waals surface area contributed by atoms with Crippen molar-refractivity contribution in [3.63, 3.8) is 0 Å². The Morgan fingerprint density at radius 3 is 2.25 bits per heavy atom. The molecule has 0 saturated carbocycles. The highest BCUT2D eigenvalue weighted by Gasteiger charge is 2.12. The van der Waals surface area contributed by atoms with Crippen molar-refractivity contribution in [2.45, 2.75) is 32.4 Å². The predicted octanol–water partition coefficient (Wildman–Crippen LogP) is 2.44. The van der Waals surface area contributed by atoms with Crippen LogP contribution < -0.4 is 5.73 Å². The summed E-state index contributed by atoms with van der Waals surface area (Å²) < 4.78 is 5.33. The van der Waals surface area contributed by atoms with Gasteiger partial charge in [-0.2, -0.15) is 0 Å². The summed E-state index contributed by atoms with van der Waals surface area (Å²) in [4.78, 5) is 9.16. The molecule has 0 radical (unpaired) electrons. The number of nitrogens with two attached hydrogens (primary N) is 1. The van der Waals surface area contributed by atoms with Crippen LogP contribution in [0.1, 0.15) is 30.4 Å². The number of piperidine rings is 1. The summed E-state index contributed by atoms with van der Waals surface area (Å²) in [7, 11) is 0. The Morgan fingerprint density at radius 1 is 0.958 bits per heavy atom. The van der Waals surface area contributed by atoms with Gasteiger partial charge in [0.2, 0.25) is 0 Å². The second kappa shape index (κ2) is 10.2. The van der Waals surface area contributed by atoms with E-state index in [2.05, 4.69) is 39.1 Å². The first kappa shape index (κ1) is 19.5.